The maximum Gasteiger partial charge on any atom is 0.285 e. The molecule has 3 amide bonds. The van der Waals surface area contributed by atoms with Gasteiger partial charge in [-0.25, -0.2) is 0 Å². The smallest absolute Gasteiger partial charge is 0.285 e. The number of benzene rings is 5. The first-order valence-electron chi connectivity index (χ1n) is 17.3. The molecule has 54 heavy (non-hydrogen) atoms. The Labute approximate surface area is 319 Å². The summed E-state index contributed by atoms with van der Waals surface area (Å²) in [4.78, 5) is 46.8. The van der Waals surface area contributed by atoms with Gasteiger partial charge in [-0.1, -0.05) is 140 Å². The number of hydrogen-bond acceptors (Lipinski definition) is 6. The molecule has 1 N–H and O–H groups in total. The van der Waals surface area contributed by atoms with Crippen LogP contribution in [0.3, 0.4) is 0 Å². The van der Waals surface area contributed by atoms with Gasteiger partial charge in [0, 0.05) is 5.70 Å². The van der Waals surface area contributed by atoms with Gasteiger partial charge in [-0.3, -0.25) is 19.3 Å². The molecule has 5 aromatic rings. The van der Waals surface area contributed by atoms with Crippen molar-refractivity contribution in [2.24, 2.45) is 4.99 Å². The van der Waals surface area contributed by atoms with E-state index in [4.69, 9.17) is 9.47 Å². The molecule has 0 spiro atoms. The number of methoxy groups -OCH3 is 1. The number of hydrogen-bond donors (Lipinski definition) is 1. The second-order valence-electron chi connectivity index (χ2n) is 12.2. The number of carbonyl (C=O) groups is 3. The van der Waals surface area contributed by atoms with Crippen LogP contribution in [-0.4, -0.2) is 40.7 Å². The fraction of sp³-hybridized carbons (Fsp3) is 0.111. The second kappa shape index (κ2) is 17.9. The first-order valence-corrected chi connectivity index (χ1v) is 18.3. The number of carbonyl (C=O) groups excluding carboxylic acids is 3. The van der Waals surface area contributed by atoms with Gasteiger partial charge in [-0.05, 0) is 70.3 Å². The highest BCUT2D eigenvalue weighted by Gasteiger charge is 2.35. The summed E-state index contributed by atoms with van der Waals surface area (Å²) in [7, 11) is 1.53. The number of fused-ring (bicyclic) bond motifs is 1. The van der Waals surface area contributed by atoms with Crippen LogP contribution in [0.5, 0.6) is 11.5 Å². The van der Waals surface area contributed by atoms with Gasteiger partial charge in [0.2, 0.25) is 5.91 Å². The molecule has 0 unspecified atom stereocenters. The third kappa shape index (κ3) is 8.94. The van der Waals surface area contributed by atoms with Crippen LogP contribution in [0.25, 0.3) is 16.8 Å². The monoisotopic (exact) mass is 733 g/mol. The molecule has 1 aliphatic heterocycles. The number of rotatable bonds is 13. The largest absolute Gasteiger partial charge is 0.493 e. The zero-order valence-corrected chi connectivity index (χ0v) is 30.8. The van der Waals surface area contributed by atoms with Crippen molar-refractivity contribution in [1.82, 2.24) is 10.2 Å². The Morgan fingerprint density at radius 2 is 1.56 bits per heavy atom. The molecule has 8 nitrogen and oxygen atoms in total. The van der Waals surface area contributed by atoms with E-state index in [9.17, 15) is 14.4 Å². The Morgan fingerprint density at radius 3 is 2.22 bits per heavy atom. The second-order valence-corrected chi connectivity index (χ2v) is 13.1. The predicted molar refractivity (Wildman–Crippen MR) is 217 cm³/mol. The first kappa shape index (κ1) is 37.3. The third-order valence-corrected chi connectivity index (χ3v) is 9.56. The Kier molecular flexibility index (Phi) is 12.3. The molecule has 5 aromatic carbocycles. The summed E-state index contributed by atoms with van der Waals surface area (Å²) in [5, 5.41) is 5.47. The molecule has 1 aliphatic rings. The lowest BCUT2D eigenvalue weighted by Crippen LogP contribution is -2.42. The molecule has 0 fully saturated rings. The van der Waals surface area contributed by atoms with Gasteiger partial charge in [0.1, 0.15) is 12.2 Å². The maximum atomic E-state index is 14.2. The molecule has 6 rings (SSSR count). The molecule has 1 heterocycles. The van der Waals surface area contributed by atoms with Gasteiger partial charge in [0.15, 0.2) is 16.7 Å². The topological polar surface area (TPSA) is 97.3 Å². The molecule has 0 saturated heterocycles. The molecule has 0 bridgehead atoms. The predicted octanol–water partition coefficient (Wildman–Crippen LogP) is 8.82. The van der Waals surface area contributed by atoms with Crippen LogP contribution in [0.1, 0.15) is 35.2 Å². The molecule has 9 heteroatoms. The van der Waals surface area contributed by atoms with Crippen molar-refractivity contribution in [3.63, 3.8) is 0 Å². The normalized spacial score (nSPS) is 14.1. The summed E-state index contributed by atoms with van der Waals surface area (Å²) < 4.78 is 11.7. The molecule has 0 aliphatic carbocycles. The molecule has 0 aromatic heterocycles. The molecule has 0 atom stereocenters. The van der Waals surface area contributed by atoms with Crippen LogP contribution in [0, 0.1) is 0 Å². The van der Waals surface area contributed by atoms with E-state index < -0.39 is 17.9 Å². The van der Waals surface area contributed by atoms with Crippen molar-refractivity contribution >= 4 is 51.5 Å². The maximum absolute atomic E-state index is 14.2. The van der Waals surface area contributed by atoms with Crippen molar-refractivity contribution in [2.45, 2.75) is 19.6 Å². The first-order chi connectivity index (χ1) is 26.4. The van der Waals surface area contributed by atoms with E-state index in [0.717, 1.165) is 39.2 Å². The Hall–Kier alpha value is -6.45. The molecule has 270 valence electrons. The summed E-state index contributed by atoms with van der Waals surface area (Å²) in [6.07, 6.45) is 8.18. The minimum absolute atomic E-state index is 0.0881. The Morgan fingerprint density at radius 1 is 0.870 bits per heavy atom. The highest BCUT2D eigenvalue weighted by atomic mass is 32.2. The van der Waals surface area contributed by atoms with E-state index in [1.54, 1.807) is 49.4 Å². The number of nitrogens with zero attached hydrogens (tertiary/aromatic N) is 2. The average molecular weight is 734 g/mol. The van der Waals surface area contributed by atoms with Crippen molar-refractivity contribution in [3.8, 4) is 11.5 Å². The van der Waals surface area contributed by atoms with Gasteiger partial charge in [-0.2, -0.15) is 4.99 Å². The zero-order valence-electron chi connectivity index (χ0n) is 30.0. The fourth-order valence-corrected chi connectivity index (χ4v) is 6.75. The van der Waals surface area contributed by atoms with Crippen LogP contribution in [0.4, 0.5) is 0 Å². The highest BCUT2D eigenvalue weighted by molar-refractivity contribution is 8.14. The number of nitrogens with one attached hydrogen (secondary N) is 1. The van der Waals surface area contributed by atoms with E-state index in [1.165, 1.54) is 18.1 Å². The number of amidine groups is 1. The van der Waals surface area contributed by atoms with Crippen LogP contribution < -0.4 is 14.8 Å². The molecular weight excluding hydrogens is 695 g/mol. The lowest BCUT2D eigenvalue weighted by Gasteiger charge is -2.28. The summed E-state index contributed by atoms with van der Waals surface area (Å²) in [6, 6.07) is 38.4. The van der Waals surface area contributed by atoms with Crippen molar-refractivity contribution < 1.29 is 23.9 Å². The number of ether oxygens (including phenoxy) is 2. The van der Waals surface area contributed by atoms with Crippen molar-refractivity contribution in [1.29, 1.82) is 0 Å². The van der Waals surface area contributed by atoms with E-state index in [-0.39, 0.29) is 22.4 Å². The van der Waals surface area contributed by atoms with Crippen LogP contribution in [-0.2, 0) is 21.0 Å². The van der Waals surface area contributed by atoms with Gasteiger partial charge >= 0.3 is 0 Å². The van der Waals surface area contributed by atoms with Gasteiger partial charge in [0.25, 0.3) is 11.8 Å². The van der Waals surface area contributed by atoms with Gasteiger partial charge < -0.3 is 14.8 Å². The summed E-state index contributed by atoms with van der Waals surface area (Å²) in [6.45, 7) is 5.84. The Balaban J connectivity index is 1.22. The van der Waals surface area contributed by atoms with E-state index >= 15 is 0 Å². The number of allylic oxidation sites excluding steroid dienone is 4. The molecule has 0 saturated carbocycles. The number of aliphatic imine (C=N–C) groups is 1. The number of amides is 3. The Bertz CT molecular complexity index is 2260. The lowest BCUT2D eigenvalue weighted by molar-refractivity contribution is -0.126. The van der Waals surface area contributed by atoms with E-state index in [1.807, 2.05) is 78.9 Å². The molecule has 0 radical (unpaired) electrons. The fourth-order valence-electron chi connectivity index (χ4n) is 5.94. The van der Waals surface area contributed by atoms with Crippen LogP contribution in [0.15, 0.2) is 168 Å². The van der Waals surface area contributed by atoms with Gasteiger partial charge in [-0.15, -0.1) is 0 Å². The minimum atomic E-state index is -0.718. The zero-order chi connectivity index (χ0) is 37.9. The standard InChI is InChI=1S/C45H39N3O5S/c1-4-6-21-37(5-2)48-44(51)38(27-31-23-25-39(40(28-31)52-3)53-29-32-22-24-33-15-13-14-20-36(33)26-32)43(50)47-45(48)54-30-41(49)46-42(34-16-9-7-10-17-34)35-18-11-8-12-19-35/h4-28,42H,1,29-30H2,2-3H3,(H,46,49)/b21-6-,37-5+,38-27+. The summed E-state index contributed by atoms with van der Waals surface area (Å²) in [5.41, 5.74) is 3.71. The average Bonchev–Trinajstić information content (AvgIpc) is 3.21. The van der Waals surface area contributed by atoms with Gasteiger partial charge in [0.05, 0.1) is 18.9 Å². The van der Waals surface area contributed by atoms with E-state index in [2.05, 4.69) is 41.2 Å². The summed E-state index contributed by atoms with van der Waals surface area (Å²) >= 11 is 1.01. The minimum Gasteiger partial charge on any atom is -0.493 e. The lowest BCUT2D eigenvalue weighted by atomic mass is 9.99. The molecular formula is C45H39N3O5S. The number of thioether (sulfide) groups is 1. The van der Waals surface area contributed by atoms with Crippen molar-refractivity contribution in [3.05, 3.63) is 186 Å². The van der Waals surface area contributed by atoms with Crippen LogP contribution in [0.2, 0.25) is 0 Å². The third-order valence-electron chi connectivity index (χ3n) is 8.62. The van der Waals surface area contributed by atoms with Crippen molar-refractivity contribution in [2.75, 3.05) is 12.9 Å². The quantitative estimate of drug-likeness (QED) is 0.0738. The highest BCUT2D eigenvalue weighted by Crippen LogP contribution is 2.32. The summed E-state index contributed by atoms with van der Waals surface area (Å²) in [5.74, 6) is -0.731. The SMILES string of the molecule is C=C/C=C\C(=C/C)N1C(=O)/C(=C/c2ccc(OCc3ccc4ccccc4c3)c(OC)c2)C(=O)N=C1SCC(=O)NC(c1ccccc1)c1ccccc1. The van der Waals surface area contributed by atoms with Crippen LogP contribution >= 0.6 is 11.8 Å². The van der Waals surface area contributed by atoms with E-state index in [0.29, 0.717) is 29.4 Å².